The summed E-state index contributed by atoms with van der Waals surface area (Å²) in [5.74, 6) is -0.434. The molecule has 0 bridgehead atoms. The highest BCUT2D eigenvalue weighted by Gasteiger charge is 2.09. The quantitative estimate of drug-likeness (QED) is 0.155. The summed E-state index contributed by atoms with van der Waals surface area (Å²) in [6.07, 6.45) is 1.38. The van der Waals surface area contributed by atoms with Gasteiger partial charge in [-0.1, -0.05) is 28.9 Å². The molecule has 0 radical (unpaired) electrons. The number of pyridine rings is 1. The third-order valence-corrected chi connectivity index (χ3v) is 5.22. The number of hydrogen-bond donors (Lipinski definition) is 3. The molecule has 36 heavy (non-hydrogen) atoms. The lowest BCUT2D eigenvalue weighted by Crippen LogP contribution is -2.30. The van der Waals surface area contributed by atoms with Gasteiger partial charge in [0.05, 0.1) is 19.3 Å². The number of thiazole rings is 1. The molecular weight excluding hydrogens is 486 g/mol. The summed E-state index contributed by atoms with van der Waals surface area (Å²) in [4.78, 5) is 40.8. The van der Waals surface area contributed by atoms with Gasteiger partial charge in [-0.15, -0.1) is 0 Å². The first-order chi connectivity index (χ1) is 17.4. The lowest BCUT2D eigenvalue weighted by atomic mass is 10.3. The van der Waals surface area contributed by atoms with Gasteiger partial charge in [0.1, 0.15) is 40.1 Å². The molecule has 0 aromatic carbocycles. The van der Waals surface area contributed by atoms with Gasteiger partial charge in [-0.25, -0.2) is 4.98 Å². The Balaban J connectivity index is 2.27. The van der Waals surface area contributed by atoms with E-state index in [1.807, 2.05) is 0 Å². The highest BCUT2D eigenvalue weighted by Crippen LogP contribution is 2.08. The van der Waals surface area contributed by atoms with Crippen molar-refractivity contribution in [1.82, 2.24) is 14.9 Å². The maximum absolute atomic E-state index is 12.7. The minimum atomic E-state index is -0.759. The van der Waals surface area contributed by atoms with E-state index in [1.165, 1.54) is 17.9 Å². The number of nitrogens with zero attached hydrogens (tertiary/aromatic N) is 4. The molecule has 0 unspecified atom stereocenters. The van der Waals surface area contributed by atoms with Crippen LogP contribution in [0.5, 0.6) is 0 Å². The van der Waals surface area contributed by atoms with Crippen LogP contribution in [-0.4, -0.2) is 54.8 Å². The summed E-state index contributed by atoms with van der Waals surface area (Å²) in [7, 11) is 1.54. The second-order valence-corrected chi connectivity index (χ2v) is 7.67. The van der Waals surface area contributed by atoms with Gasteiger partial charge in [0.25, 0.3) is 17.4 Å². The molecule has 12 nitrogen and oxygen atoms in total. The zero-order valence-electron chi connectivity index (χ0n) is 19.6. The van der Waals surface area contributed by atoms with Crippen molar-refractivity contribution in [3.8, 4) is 12.1 Å². The number of rotatable bonds is 11. The van der Waals surface area contributed by atoms with Crippen LogP contribution < -0.4 is 30.7 Å². The van der Waals surface area contributed by atoms with Crippen molar-refractivity contribution in [3.05, 3.63) is 49.5 Å². The van der Waals surface area contributed by atoms with E-state index < -0.39 is 5.91 Å². The van der Waals surface area contributed by atoms with Crippen LogP contribution in [0.4, 0.5) is 11.6 Å². The lowest BCUT2D eigenvalue weighted by Gasteiger charge is -2.06. The number of ether oxygens (including phenoxy) is 2. The molecule has 2 rings (SSSR count). The molecule has 0 spiro atoms. The zero-order valence-corrected chi connectivity index (χ0v) is 20.4. The molecule has 2 heterocycles. The van der Waals surface area contributed by atoms with Crippen LogP contribution in [0.3, 0.4) is 0 Å². The summed E-state index contributed by atoms with van der Waals surface area (Å²) in [5.41, 5.74) is 4.74. The second kappa shape index (κ2) is 14.7. The number of hydrogen-bond acceptors (Lipinski definition) is 10. The topological polar surface area (TPSA) is 171 Å². The Morgan fingerprint density at radius 1 is 1.25 bits per heavy atom. The van der Waals surface area contributed by atoms with Gasteiger partial charge in [-0.3, -0.25) is 19.0 Å². The molecule has 2 amide bonds. The van der Waals surface area contributed by atoms with Crippen LogP contribution in [0.2, 0.25) is 0 Å². The number of anilines is 2. The Morgan fingerprint density at radius 3 is 2.72 bits per heavy atom. The van der Waals surface area contributed by atoms with Crippen molar-refractivity contribution in [2.24, 2.45) is 0 Å². The van der Waals surface area contributed by atoms with E-state index in [1.54, 1.807) is 37.3 Å². The Labute approximate surface area is 210 Å². The Kier molecular flexibility index (Phi) is 11.3. The first-order valence-corrected chi connectivity index (χ1v) is 11.4. The SMILES string of the molecule is CCn1c(=C=C(C#N)C(=O)NCC#N)sc(=C=CNc2cccc(NC(=O)COCCOC)n2)c1=O. The van der Waals surface area contributed by atoms with Crippen molar-refractivity contribution in [2.75, 3.05) is 44.1 Å². The van der Waals surface area contributed by atoms with E-state index in [0.717, 1.165) is 11.3 Å². The third-order valence-electron chi connectivity index (χ3n) is 4.20. The van der Waals surface area contributed by atoms with E-state index in [2.05, 4.69) is 32.4 Å². The molecule has 0 aliphatic rings. The van der Waals surface area contributed by atoms with Crippen molar-refractivity contribution in [3.63, 3.8) is 0 Å². The van der Waals surface area contributed by atoms with Gasteiger partial charge in [0, 0.05) is 19.9 Å². The number of nitriles is 2. The third kappa shape index (κ3) is 8.38. The zero-order chi connectivity index (χ0) is 26.3. The first-order valence-electron chi connectivity index (χ1n) is 10.5. The molecule has 2 aromatic heterocycles. The molecule has 0 atom stereocenters. The van der Waals surface area contributed by atoms with Crippen LogP contribution in [-0.2, 0) is 25.6 Å². The molecule has 0 saturated heterocycles. The lowest BCUT2D eigenvalue weighted by molar-refractivity contribution is -0.121. The fourth-order valence-electron chi connectivity index (χ4n) is 2.58. The predicted octanol–water partition coefficient (Wildman–Crippen LogP) is -0.599. The molecule has 13 heteroatoms. The maximum Gasteiger partial charge on any atom is 0.277 e. The van der Waals surface area contributed by atoms with Gasteiger partial charge < -0.3 is 25.4 Å². The van der Waals surface area contributed by atoms with Crippen LogP contribution in [0, 0.1) is 22.7 Å². The minimum Gasteiger partial charge on any atom is -0.382 e. The van der Waals surface area contributed by atoms with Gasteiger partial charge in [0.15, 0.2) is 5.57 Å². The molecule has 186 valence electrons. The summed E-state index contributed by atoms with van der Waals surface area (Å²) < 4.78 is 11.8. The normalized spacial score (nSPS) is 9.67. The molecule has 2 aromatic rings. The van der Waals surface area contributed by atoms with Crippen LogP contribution in [0.1, 0.15) is 6.92 Å². The van der Waals surface area contributed by atoms with Gasteiger partial charge in [0.2, 0.25) is 0 Å². The minimum absolute atomic E-state index is 0.139. The second-order valence-electron chi connectivity index (χ2n) is 6.67. The average molecular weight is 510 g/mol. The molecule has 0 aliphatic carbocycles. The summed E-state index contributed by atoms with van der Waals surface area (Å²) in [5, 5.41) is 25.6. The Hall–Kier alpha value is -4.48. The van der Waals surface area contributed by atoms with Crippen LogP contribution >= 0.6 is 11.3 Å². The van der Waals surface area contributed by atoms with Crippen molar-refractivity contribution in [2.45, 2.75) is 13.5 Å². The number of amides is 2. The largest absolute Gasteiger partial charge is 0.382 e. The number of carbonyl (C=O) groups is 2. The van der Waals surface area contributed by atoms with E-state index in [4.69, 9.17) is 14.7 Å². The smallest absolute Gasteiger partial charge is 0.277 e. The van der Waals surface area contributed by atoms with Gasteiger partial charge in [-0.2, -0.15) is 10.5 Å². The Bertz CT molecular complexity index is 1430. The highest BCUT2D eigenvalue weighted by molar-refractivity contribution is 7.07. The van der Waals surface area contributed by atoms with E-state index >= 15 is 0 Å². The number of nitrogens with one attached hydrogen (secondary N) is 3. The number of methoxy groups -OCH3 is 1. The predicted molar refractivity (Wildman–Crippen MR) is 132 cm³/mol. The van der Waals surface area contributed by atoms with Crippen molar-refractivity contribution in [1.29, 1.82) is 10.5 Å². The fourth-order valence-corrected chi connectivity index (χ4v) is 3.56. The molecule has 0 saturated carbocycles. The van der Waals surface area contributed by atoms with Gasteiger partial charge >= 0.3 is 0 Å². The Morgan fingerprint density at radius 2 is 2.03 bits per heavy atom. The molecule has 3 N–H and O–H groups in total. The standard InChI is InChI=1S/C23H23N7O5S/c1-3-30-21(13-16(14-25)22(32)27-10-8-24)36-17(23(30)33)7-9-26-18-5-4-6-19(28-18)29-20(31)15-35-12-11-34-2/h4-6,9H,3,10-12,15H2,1-2H3,(H,27,32)(H2,26,28,29,31). The van der Waals surface area contributed by atoms with E-state index in [9.17, 15) is 19.6 Å². The maximum atomic E-state index is 12.7. The summed E-state index contributed by atoms with van der Waals surface area (Å²) >= 11 is 0.993. The summed E-state index contributed by atoms with van der Waals surface area (Å²) in [6, 6.07) is 8.41. The monoisotopic (exact) mass is 509 g/mol. The fraction of sp³-hybridized carbons (Fsp3) is 0.304. The van der Waals surface area contributed by atoms with Gasteiger partial charge in [-0.05, 0) is 19.1 Å². The van der Waals surface area contributed by atoms with Crippen molar-refractivity contribution < 1.29 is 19.1 Å². The molecule has 0 fully saturated rings. The highest BCUT2D eigenvalue weighted by atomic mass is 32.1. The molecule has 0 aliphatic heterocycles. The average Bonchev–Trinajstić information content (AvgIpc) is 3.17. The van der Waals surface area contributed by atoms with Crippen molar-refractivity contribution >= 4 is 46.2 Å². The number of aromatic nitrogens is 2. The number of carbonyl (C=O) groups excluding carboxylic acids is 2. The van der Waals surface area contributed by atoms with E-state index in [0.29, 0.717) is 24.8 Å². The summed E-state index contributed by atoms with van der Waals surface area (Å²) in [6.45, 7) is 2.30. The first kappa shape index (κ1) is 27.8. The van der Waals surface area contributed by atoms with Crippen LogP contribution in [0.15, 0.2) is 34.8 Å². The van der Waals surface area contributed by atoms with E-state index in [-0.39, 0.29) is 45.9 Å². The molecular formula is C23H23N7O5S. The van der Waals surface area contributed by atoms with Crippen LogP contribution in [0.25, 0.3) is 11.5 Å².